The fourth-order valence-electron chi connectivity index (χ4n) is 2.81. The molecule has 86 valence electrons. The van der Waals surface area contributed by atoms with Crippen LogP contribution in [-0.2, 0) is 4.79 Å². The van der Waals surface area contributed by atoms with Gasteiger partial charge in [0.15, 0.2) is 0 Å². The van der Waals surface area contributed by atoms with Gasteiger partial charge in [-0.05, 0) is 26.7 Å². The van der Waals surface area contributed by atoms with Gasteiger partial charge in [0.1, 0.15) is 6.04 Å². The minimum Gasteiger partial charge on any atom is -0.368 e. The van der Waals surface area contributed by atoms with Gasteiger partial charge in [-0.2, -0.15) is 0 Å². The summed E-state index contributed by atoms with van der Waals surface area (Å²) in [6, 6.07) is -0.180. The third-order valence-electron chi connectivity index (χ3n) is 3.51. The van der Waals surface area contributed by atoms with Gasteiger partial charge < -0.3 is 5.73 Å². The Morgan fingerprint density at radius 1 is 1.33 bits per heavy atom. The molecule has 1 spiro atoms. The van der Waals surface area contributed by atoms with Crippen molar-refractivity contribution in [2.45, 2.75) is 61.6 Å². The number of nitrogens with one attached hydrogen (secondary N) is 1. The van der Waals surface area contributed by atoms with Crippen molar-refractivity contribution in [3.8, 4) is 0 Å². The molecule has 4 heteroatoms. The van der Waals surface area contributed by atoms with Crippen molar-refractivity contribution in [2.24, 2.45) is 5.73 Å². The molecule has 3 N–H and O–H groups in total. The molecule has 2 fully saturated rings. The summed E-state index contributed by atoms with van der Waals surface area (Å²) >= 11 is 1.92. The van der Waals surface area contributed by atoms with Crippen LogP contribution in [0.3, 0.4) is 0 Å². The van der Waals surface area contributed by atoms with E-state index in [4.69, 9.17) is 5.73 Å². The SMILES string of the molecule is CC1(C)SC2(CCCCC2)NC1C(N)=O. The van der Waals surface area contributed by atoms with Gasteiger partial charge in [0.25, 0.3) is 0 Å². The van der Waals surface area contributed by atoms with Gasteiger partial charge in [0.05, 0.1) is 4.87 Å². The van der Waals surface area contributed by atoms with E-state index in [0.717, 1.165) is 0 Å². The number of rotatable bonds is 1. The van der Waals surface area contributed by atoms with Crippen molar-refractivity contribution in [1.29, 1.82) is 0 Å². The van der Waals surface area contributed by atoms with E-state index in [0.29, 0.717) is 0 Å². The van der Waals surface area contributed by atoms with E-state index in [1.807, 2.05) is 11.8 Å². The molecule has 15 heavy (non-hydrogen) atoms. The molecule has 1 aliphatic carbocycles. The maximum absolute atomic E-state index is 11.4. The third-order valence-corrected chi connectivity index (χ3v) is 5.19. The van der Waals surface area contributed by atoms with Crippen LogP contribution in [0.2, 0.25) is 0 Å². The fourth-order valence-corrected chi connectivity index (χ4v) is 4.78. The first-order valence-corrected chi connectivity index (χ1v) is 6.54. The Labute approximate surface area is 95.6 Å². The number of primary amides is 1. The molecule has 0 bridgehead atoms. The highest BCUT2D eigenvalue weighted by Gasteiger charge is 2.52. The topological polar surface area (TPSA) is 55.1 Å². The van der Waals surface area contributed by atoms with Crippen LogP contribution in [0.4, 0.5) is 0 Å². The maximum atomic E-state index is 11.4. The summed E-state index contributed by atoms with van der Waals surface area (Å²) in [6.45, 7) is 4.23. The molecule has 1 aliphatic heterocycles. The van der Waals surface area contributed by atoms with Crippen molar-refractivity contribution in [1.82, 2.24) is 5.32 Å². The molecule has 1 heterocycles. The number of thioether (sulfide) groups is 1. The van der Waals surface area contributed by atoms with E-state index in [-0.39, 0.29) is 21.6 Å². The van der Waals surface area contributed by atoms with Crippen LogP contribution in [0.5, 0.6) is 0 Å². The van der Waals surface area contributed by atoms with Crippen LogP contribution in [-0.4, -0.2) is 21.6 Å². The summed E-state index contributed by atoms with van der Waals surface area (Å²) in [7, 11) is 0. The lowest BCUT2D eigenvalue weighted by Crippen LogP contribution is -2.51. The highest BCUT2D eigenvalue weighted by atomic mass is 32.2. The van der Waals surface area contributed by atoms with Gasteiger partial charge in [-0.25, -0.2) is 0 Å². The fraction of sp³-hybridized carbons (Fsp3) is 0.909. The minimum absolute atomic E-state index is 0.0663. The van der Waals surface area contributed by atoms with E-state index in [1.54, 1.807) is 0 Å². The first kappa shape index (κ1) is 11.3. The second-order valence-electron chi connectivity index (χ2n) is 5.24. The standard InChI is InChI=1S/C11H20N2OS/c1-10(2)8(9(12)14)13-11(15-10)6-4-3-5-7-11/h8,13H,3-7H2,1-2H3,(H2,12,14). The summed E-state index contributed by atoms with van der Waals surface area (Å²) < 4.78 is -0.0663. The number of amides is 1. The van der Waals surface area contributed by atoms with E-state index in [9.17, 15) is 4.79 Å². The van der Waals surface area contributed by atoms with Gasteiger partial charge in [0.2, 0.25) is 5.91 Å². The Kier molecular flexibility index (Phi) is 2.75. The van der Waals surface area contributed by atoms with Crippen LogP contribution < -0.4 is 11.1 Å². The first-order valence-electron chi connectivity index (χ1n) is 5.72. The summed E-state index contributed by atoms with van der Waals surface area (Å²) in [6.07, 6.45) is 6.20. The molecular weight excluding hydrogens is 208 g/mol. The van der Waals surface area contributed by atoms with Gasteiger partial charge in [-0.3, -0.25) is 10.1 Å². The predicted octanol–water partition coefficient (Wildman–Crippen LogP) is 1.62. The van der Waals surface area contributed by atoms with Crippen LogP contribution in [0.15, 0.2) is 0 Å². The van der Waals surface area contributed by atoms with Crippen LogP contribution in [0.1, 0.15) is 46.0 Å². The zero-order chi connectivity index (χ0) is 11.1. The van der Waals surface area contributed by atoms with Crippen molar-refractivity contribution in [3.63, 3.8) is 0 Å². The average Bonchev–Trinajstić information content (AvgIpc) is 2.39. The van der Waals surface area contributed by atoms with Gasteiger partial charge in [-0.1, -0.05) is 19.3 Å². The Balaban J connectivity index is 2.16. The molecule has 3 nitrogen and oxygen atoms in total. The molecule has 0 aromatic rings. The molecule has 1 unspecified atom stereocenters. The number of hydrogen-bond donors (Lipinski definition) is 2. The number of nitrogens with two attached hydrogens (primary N) is 1. The average molecular weight is 228 g/mol. The predicted molar refractivity (Wildman–Crippen MR) is 63.6 cm³/mol. The summed E-state index contributed by atoms with van der Waals surface area (Å²) in [4.78, 5) is 11.5. The van der Waals surface area contributed by atoms with E-state index in [1.165, 1.54) is 32.1 Å². The first-order chi connectivity index (χ1) is 6.95. The minimum atomic E-state index is -0.213. The molecule has 0 aromatic carbocycles. The number of hydrogen-bond acceptors (Lipinski definition) is 3. The second kappa shape index (κ2) is 3.67. The Hall–Kier alpha value is -0.220. The molecule has 1 saturated heterocycles. The Morgan fingerprint density at radius 3 is 2.40 bits per heavy atom. The normalized spacial score (nSPS) is 33.1. The number of carbonyl (C=O) groups is 1. The van der Waals surface area contributed by atoms with Crippen molar-refractivity contribution < 1.29 is 4.79 Å². The highest BCUT2D eigenvalue weighted by Crippen LogP contribution is 2.50. The smallest absolute Gasteiger partial charge is 0.236 e. The third kappa shape index (κ3) is 2.02. The van der Waals surface area contributed by atoms with E-state index in [2.05, 4.69) is 19.2 Å². The van der Waals surface area contributed by atoms with Gasteiger partial charge in [0, 0.05) is 4.75 Å². The molecule has 1 atom stereocenters. The maximum Gasteiger partial charge on any atom is 0.236 e. The molecule has 2 rings (SSSR count). The number of carbonyl (C=O) groups excluding carboxylic acids is 1. The molecule has 2 aliphatic rings. The largest absolute Gasteiger partial charge is 0.368 e. The van der Waals surface area contributed by atoms with Crippen molar-refractivity contribution in [2.75, 3.05) is 0 Å². The molecule has 1 amide bonds. The van der Waals surface area contributed by atoms with Crippen molar-refractivity contribution in [3.05, 3.63) is 0 Å². The highest BCUT2D eigenvalue weighted by molar-refractivity contribution is 8.02. The van der Waals surface area contributed by atoms with Crippen LogP contribution >= 0.6 is 11.8 Å². The van der Waals surface area contributed by atoms with E-state index >= 15 is 0 Å². The van der Waals surface area contributed by atoms with Gasteiger partial charge in [-0.15, -0.1) is 11.8 Å². The van der Waals surface area contributed by atoms with Crippen molar-refractivity contribution >= 4 is 17.7 Å². The summed E-state index contributed by atoms with van der Waals surface area (Å²) in [5.41, 5.74) is 5.45. The summed E-state index contributed by atoms with van der Waals surface area (Å²) in [5, 5.41) is 3.48. The Morgan fingerprint density at radius 2 is 1.93 bits per heavy atom. The quantitative estimate of drug-likeness (QED) is 0.717. The zero-order valence-electron chi connectivity index (χ0n) is 9.51. The zero-order valence-corrected chi connectivity index (χ0v) is 10.3. The molecule has 1 saturated carbocycles. The van der Waals surface area contributed by atoms with Crippen LogP contribution in [0, 0.1) is 0 Å². The lowest BCUT2D eigenvalue weighted by atomic mass is 9.93. The lowest BCUT2D eigenvalue weighted by molar-refractivity contribution is -0.120. The molecule has 0 radical (unpaired) electrons. The van der Waals surface area contributed by atoms with E-state index < -0.39 is 0 Å². The Bertz CT molecular complexity index is 272. The summed E-state index contributed by atoms with van der Waals surface area (Å²) in [5.74, 6) is -0.213. The lowest BCUT2D eigenvalue weighted by Gasteiger charge is -2.33. The van der Waals surface area contributed by atoms with Crippen LogP contribution in [0.25, 0.3) is 0 Å². The second-order valence-corrected chi connectivity index (χ2v) is 7.28. The molecular formula is C11H20N2OS. The monoisotopic (exact) mass is 228 g/mol. The van der Waals surface area contributed by atoms with Gasteiger partial charge >= 0.3 is 0 Å². The molecule has 0 aromatic heterocycles.